The summed E-state index contributed by atoms with van der Waals surface area (Å²) in [6, 6.07) is 5.86. The van der Waals surface area contributed by atoms with Crippen molar-refractivity contribution in [2.24, 2.45) is 5.92 Å². The van der Waals surface area contributed by atoms with Crippen LogP contribution in [0, 0.1) is 5.92 Å². The van der Waals surface area contributed by atoms with Crippen LogP contribution < -0.4 is 0 Å². The van der Waals surface area contributed by atoms with Crippen molar-refractivity contribution >= 4 is 11.6 Å². The molecule has 88 valence electrons. The Kier molecular flexibility index (Phi) is 2.63. The van der Waals surface area contributed by atoms with E-state index in [1.165, 1.54) is 6.42 Å². The van der Waals surface area contributed by atoms with Crippen LogP contribution in [0.15, 0.2) is 24.4 Å². The first-order valence-electron chi connectivity index (χ1n) is 5.92. The van der Waals surface area contributed by atoms with Gasteiger partial charge in [0.05, 0.1) is 5.69 Å². The minimum atomic E-state index is 0.636. The van der Waals surface area contributed by atoms with Gasteiger partial charge in [0.2, 0.25) is 0 Å². The van der Waals surface area contributed by atoms with Crippen LogP contribution in [0.25, 0.3) is 11.5 Å². The molecule has 1 unspecified atom stereocenters. The summed E-state index contributed by atoms with van der Waals surface area (Å²) in [4.78, 5) is 8.81. The molecule has 0 radical (unpaired) electrons. The number of nitrogens with zero attached hydrogens (tertiary/aromatic N) is 3. The van der Waals surface area contributed by atoms with Crippen molar-refractivity contribution in [2.75, 3.05) is 0 Å². The number of rotatable bonds is 1. The van der Waals surface area contributed by atoms with Crippen LogP contribution in [0.5, 0.6) is 0 Å². The van der Waals surface area contributed by atoms with E-state index in [0.717, 1.165) is 30.2 Å². The average Bonchev–Trinajstić information content (AvgIpc) is 2.68. The summed E-state index contributed by atoms with van der Waals surface area (Å²) >= 11 is 6.22. The molecule has 3 heterocycles. The SMILES string of the molecule is CC1CCn2c(-c3ccccn3)nc(Cl)c2C1. The number of aromatic nitrogens is 3. The number of halogens is 1. The molecule has 17 heavy (non-hydrogen) atoms. The Morgan fingerprint density at radius 2 is 2.29 bits per heavy atom. The molecule has 0 N–H and O–H groups in total. The number of fused-ring (bicyclic) bond motifs is 1. The van der Waals surface area contributed by atoms with Crippen LogP contribution >= 0.6 is 11.6 Å². The molecular formula is C13H14ClN3. The van der Waals surface area contributed by atoms with Crippen molar-refractivity contribution < 1.29 is 0 Å². The van der Waals surface area contributed by atoms with Gasteiger partial charge in [-0.25, -0.2) is 4.98 Å². The molecule has 4 heteroatoms. The Morgan fingerprint density at radius 1 is 1.41 bits per heavy atom. The molecular weight excluding hydrogens is 234 g/mol. The summed E-state index contributed by atoms with van der Waals surface area (Å²) in [5.41, 5.74) is 2.06. The van der Waals surface area contributed by atoms with Crippen LogP contribution in [0.2, 0.25) is 5.15 Å². The first-order chi connectivity index (χ1) is 8.25. The lowest BCUT2D eigenvalue weighted by Gasteiger charge is -2.21. The number of imidazole rings is 1. The van der Waals surface area contributed by atoms with E-state index in [1.54, 1.807) is 6.20 Å². The smallest absolute Gasteiger partial charge is 0.160 e. The van der Waals surface area contributed by atoms with Crippen LogP contribution in [-0.4, -0.2) is 14.5 Å². The first-order valence-corrected chi connectivity index (χ1v) is 6.30. The third kappa shape index (κ3) is 1.84. The standard InChI is InChI=1S/C13H14ClN3/c1-9-5-7-17-11(8-9)12(14)16-13(17)10-4-2-3-6-15-10/h2-4,6,9H,5,7-8H2,1H3. The molecule has 2 aromatic rings. The lowest BCUT2D eigenvalue weighted by Crippen LogP contribution is -2.17. The van der Waals surface area contributed by atoms with Gasteiger partial charge in [0.25, 0.3) is 0 Å². The van der Waals surface area contributed by atoms with Crippen molar-refractivity contribution in [3.63, 3.8) is 0 Å². The lowest BCUT2D eigenvalue weighted by molar-refractivity contribution is 0.419. The molecule has 1 atom stereocenters. The fourth-order valence-corrected chi connectivity index (χ4v) is 2.62. The van der Waals surface area contributed by atoms with Crippen molar-refractivity contribution in [3.05, 3.63) is 35.2 Å². The molecule has 1 aliphatic rings. The summed E-state index contributed by atoms with van der Waals surface area (Å²) in [6.45, 7) is 3.25. The van der Waals surface area contributed by atoms with Gasteiger partial charge in [-0.3, -0.25) is 4.98 Å². The van der Waals surface area contributed by atoms with Gasteiger partial charge in [0, 0.05) is 12.7 Å². The molecule has 0 fully saturated rings. The predicted molar refractivity (Wildman–Crippen MR) is 68.0 cm³/mol. The normalized spacial score (nSPS) is 19.1. The van der Waals surface area contributed by atoms with Gasteiger partial charge in [-0.1, -0.05) is 24.6 Å². The van der Waals surface area contributed by atoms with E-state index in [0.29, 0.717) is 11.1 Å². The van der Waals surface area contributed by atoms with E-state index in [4.69, 9.17) is 11.6 Å². The second kappa shape index (κ2) is 4.15. The molecule has 3 nitrogen and oxygen atoms in total. The Labute approximate surface area is 105 Å². The predicted octanol–water partition coefficient (Wildman–Crippen LogP) is 3.18. The quantitative estimate of drug-likeness (QED) is 0.775. The number of hydrogen-bond acceptors (Lipinski definition) is 2. The van der Waals surface area contributed by atoms with E-state index in [2.05, 4.69) is 21.5 Å². The average molecular weight is 248 g/mol. The summed E-state index contributed by atoms with van der Waals surface area (Å²) in [5, 5.41) is 0.636. The van der Waals surface area contributed by atoms with Gasteiger partial charge in [0.1, 0.15) is 5.69 Å². The molecule has 0 spiro atoms. The summed E-state index contributed by atoms with van der Waals surface area (Å²) in [7, 11) is 0. The molecule has 0 amide bonds. The van der Waals surface area contributed by atoms with Crippen LogP contribution in [0.1, 0.15) is 19.0 Å². The molecule has 3 rings (SSSR count). The minimum Gasteiger partial charge on any atom is -0.325 e. The third-order valence-corrected chi connectivity index (χ3v) is 3.61. The monoisotopic (exact) mass is 247 g/mol. The highest BCUT2D eigenvalue weighted by Crippen LogP contribution is 2.31. The first kappa shape index (κ1) is 10.8. The molecule has 0 bridgehead atoms. The second-order valence-electron chi connectivity index (χ2n) is 4.64. The largest absolute Gasteiger partial charge is 0.325 e. The van der Waals surface area contributed by atoms with Gasteiger partial charge < -0.3 is 4.57 Å². The van der Waals surface area contributed by atoms with Gasteiger partial charge in [-0.2, -0.15) is 0 Å². The van der Waals surface area contributed by atoms with Crippen molar-refractivity contribution in [1.82, 2.24) is 14.5 Å². The second-order valence-corrected chi connectivity index (χ2v) is 5.00. The van der Waals surface area contributed by atoms with Gasteiger partial charge in [0.15, 0.2) is 11.0 Å². The summed E-state index contributed by atoms with van der Waals surface area (Å²) in [6.07, 6.45) is 3.98. The highest BCUT2D eigenvalue weighted by Gasteiger charge is 2.23. The zero-order chi connectivity index (χ0) is 11.8. The van der Waals surface area contributed by atoms with Crippen molar-refractivity contribution in [3.8, 4) is 11.5 Å². The highest BCUT2D eigenvalue weighted by atomic mass is 35.5. The number of pyridine rings is 1. The topological polar surface area (TPSA) is 30.7 Å². The van der Waals surface area contributed by atoms with Crippen LogP contribution in [0.3, 0.4) is 0 Å². The maximum absolute atomic E-state index is 6.22. The van der Waals surface area contributed by atoms with E-state index in [-0.39, 0.29) is 0 Å². The molecule has 0 saturated carbocycles. The molecule has 0 aliphatic carbocycles. The Morgan fingerprint density at radius 3 is 3.06 bits per heavy atom. The number of hydrogen-bond donors (Lipinski definition) is 0. The summed E-state index contributed by atoms with van der Waals surface area (Å²) < 4.78 is 2.21. The van der Waals surface area contributed by atoms with E-state index in [1.807, 2.05) is 18.2 Å². The molecule has 2 aromatic heterocycles. The fourth-order valence-electron chi connectivity index (χ4n) is 2.36. The van der Waals surface area contributed by atoms with E-state index in [9.17, 15) is 0 Å². The zero-order valence-electron chi connectivity index (χ0n) is 9.73. The maximum Gasteiger partial charge on any atom is 0.160 e. The fraction of sp³-hybridized carbons (Fsp3) is 0.385. The van der Waals surface area contributed by atoms with Gasteiger partial charge in [-0.15, -0.1) is 0 Å². The van der Waals surface area contributed by atoms with Crippen molar-refractivity contribution in [1.29, 1.82) is 0 Å². The maximum atomic E-state index is 6.22. The zero-order valence-corrected chi connectivity index (χ0v) is 10.5. The van der Waals surface area contributed by atoms with E-state index >= 15 is 0 Å². The lowest BCUT2D eigenvalue weighted by atomic mass is 9.98. The minimum absolute atomic E-state index is 0.636. The Balaban J connectivity index is 2.11. The molecule has 0 saturated heterocycles. The van der Waals surface area contributed by atoms with Gasteiger partial charge in [-0.05, 0) is 30.9 Å². The van der Waals surface area contributed by atoms with E-state index < -0.39 is 0 Å². The van der Waals surface area contributed by atoms with Crippen LogP contribution in [-0.2, 0) is 13.0 Å². The Bertz CT molecular complexity index is 533. The third-order valence-electron chi connectivity index (χ3n) is 3.30. The molecule has 0 aromatic carbocycles. The summed E-state index contributed by atoms with van der Waals surface area (Å²) in [5.74, 6) is 1.59. The highest BCUT2D eigenvalue weighted by molar-refractivity contribution is 6.30. The van der Waals surface area contributed by atoms with Crippen LogP contribution in [0.4, 0.5) is 0 Å². The van der Waals surface area contributed by atoms with Crippen molar-refractivity contribution in [2.45, 2.75) is 26.3 Å². The molecule has 1 aliphatic heterocycles. The van der Waals surface area contributed by atoms with Gasteiger partial charge >= 0.3 is 0 Å². The Hall–Kier alpha value is -1.35.